The standard InChI is InChI=1S/C32H41FN4O6S/c1-19(2)17-23(34-31(39)43-32(5,6)7)15-16-25-27(33)28(26-20(3)11-9-12-21(26)4)36-30(35-25)37-44(40,41)24-14-10-13-22(18-24)29(38)42-8/h9-14,18-19,23H,15-17H2,1-8H3,(H,34,39)(H,35,36,37)/t23-/m0/s1. The van der Waals surface area contributed by atoms with Gasteiger partial charge in [-0.25, -0.2) is 37.1 Å². The average molecular weight is 629 g/mol. The number of anilines is 1. The van der Waals surface area contributed by atoms with Gasteiger partial charge in [-0.05, 0) is 89.1 Å². The van der Waals surface area contributed by atoms with Gasteiger partial charge in [0, 0.05) is 11.6 Å². The van der Waals surface area contributed by atoms with Crippen LogP contribution in [-0.2, 0) is 25.9 Å². The first-order chi connectivity index (χ1) is 20.5. The van der Waals surface area contributed by atoms with Crippen molar-refractivity contribution < 1.29 is 31.9 Å². The molecular weight excluding hydrogens is 587 g/mol. The number of nitrogens with one attached hydrogen (secondary N) is 2. The number of alkyl carbamates (subject to hydrolysis) is 1. The van der Waals surface area contributed by atoms with E-state index in [1.165, 1.54) is 31.4 Å². The number of ether oxygens (including phenoxy) is 2. The SMILES string of the molecule is COC(=O)c1cccc(S(=O)(=O)Nc2nc(CC[C@@H](CC(C)C)NC(=O)OC(C)(C)C)c(F)c(-c3c(C)cccc3C)n2)c1. The van der Waals surface area contributed by atoms with E-state index in [4.69, 9.17) is 9.47 Å². The van der Waals surface area contributed by atoms with Crippen LogP contribution in [0.2, 0.25) is 0 Å². The highest BCUT2D eigenvalue weighted by molar-refractivity contribution is 7.92. The lowest BCUT2D eigenvalue weighted by Gasteiger charge is -2.25. The zero-order valence-electron chi connectivity index (χ0n) is 26.4. The molecule has 0 bridgehead atoms. The van der Waals surface area contributed by atoms with Gasteiger partial charge in [0.15, 0.2) is 5.82 Å². The summed E-state index contributed by atoms with van der Waals surface area (Å²) in [5.41, 5.74) is 1.31. The molecule has 1 aromatic heterocycles. The van der Waals surface area contributed by atoms with Crippen molar-refractivity contribution in [3.05, 3.63) is 70.7 Å². The summed E-state index contributed by atoms with van der Waals surface area (Å²) < 4.78 is 55.4. The lowest BCUT2D eigenvalue weighted by Crippen LogP contribution is -2.40. The van der Waals surface area contributed by atoms with Gasteiger partial charge in [-0.3, -0.25) is 0 Å². The van der Waals surface area contributed by atoms with Gasteiger partial charge < -0.3 is 14.8 Å². The molecule has 1 atom stereocenters. The van der Waals surface area contributed by atoms with Crippen molar-refractivity contribution in [3.8, 4) is 11.3 Å². The minimum absolute atomic E-state index is 0.0154. The van der Waals surface area contributed by atoms with Crippen LogP contribution in [0.4, 0.5) is 15.1 Å². The quantitative estimate of drug-likeness (QED) is 0.234. The van der Waals surface area contributed by atoms with Crippen LogP contribution in [0.15, 0.2) is 47.4 Å². The van der Waals surface area contributed by atoms with Crippen molar-refractivity contribution in [2.24, 2.45) is 5.92 Å². The molecule has 0 saturated heterocycles. The second-order valence-electron chi connectivity index (χ2n) is 12.1. The lowest BCUT2D eigenvalue weighted by molar-refractivity contribution is 0.0494. The Labute approximate surface area is 258 Å². The predicted octanol–water partition coefficient (Wildman–Crippen LogP) is 6.36. The largest absolute Gasteiger partial charge is 0.465 e. The number of carbonyl (C=O) groups excluding carboxylic acids is 2. The first kappa shape index (κ1) is 34.4. The van der Waals surface area contributed by atoms with Crippen LogP contribution in [0, 0.1) is 25.6 Å². The third-order valence-corrected chi connectivity index (χ3v) is 7.96. The van der Waals surface area contributed by atoms with Gasteiger partial charge in [0.2, 0.25) is 5.95 Å². The minimum Gasteiger partial charge on any atom is -0.465 e. The Kier molecular flexibility index (Phi) is 11.1. The molecular formula is C32H41FN4O6S. The molecule has 0 spiro atoms. The molecule has 0 fully saturated rings. The van der Waals surface area contributed by atoms with E-state index >= 15 is 4.39 Å². The van der Waals surface area contributed by atoms with Gasteiger partial charge >= 0.3 is 12.1 Å². The number of aryl methyl sites for hydroxylation is 3. The maximum absolute atomic E-state index is 16.2. The average Bonchev–Trinajstić information content (AvgIpc) is 2.91. The molecule has 44 heavy (non-hydrogen) atoms. The van der Waals surface area contributed by atoms with E-state index in [1.807, 2.05) is 45.9 Å². The molecule has 3 aromatic rings. The summed E-state index contributed by atoms with van der Waals surface area (Å²) >= 11 is 0. The molecule has 0 radical (unpaired) electrons. The van der Waals surface area contributed by atoms with Crippen LogP contribution in [0.1, 0.15) is 74.6 Å². The number of sulfonamides is 1. The first-order valence-corrected chi connectivity index (χ1v) is 15.8. The minimum atomic E-state index is -4.29. The van der Waals surface area contributed by atoms with Crippen molar-refractivity contribution in [2.45, 2.75) is 84.3 Å². The second-order valence-corrected chi connectivity index (χ2v) is 13.7. The number of hydrogen-bond acceptors (Lipinski definition) is 8. The molecule has 2 aromatic carbocycles. The third kappa shape index (κ3) is 9.22. The monoisotopic (exact) mass is 628 g/mol. The van der Waals surface area contributed by atoms with Crippen LogP contribution in [0.5, 0.6) is 0 Å². The van der Waals surface area contributed by atoms with E-state index in [1.54, 1.807) is 20.8 Å². The number of nitrogens with zero attached hydrogens (tertiary/aromatic N) is 2. The highest BCUT2D eigenvalue weighted by Crippen LogP contribution is 2.31. The zero-order valence-corrected chi connectivity index (χ0v) is 27.3. The number of esters is 1. The Morgan fingerprint density at radius 3 is 2.25 bits per heavy atom. The number of amides is 1. The molecule has 0 aliphatic rings. The van der Waals surface area contributed by atoms with Gasteiger partial charge in [0.25, 0.3) is 10.0 Å². The Morgan fingerprint density at radius 1 is 1.02 bits per heavy atom. The highest BCUT2D eigenvalue weighted by Gasteiger charge is 2.25. The summed E-state index contributed by atoms with van der Waals surface area (Å²) in [7, 11) is -3.09. The zero-order chi connectivity index (χ0) is 32.8. The normalized spacial score (nSPS) is 12.5. The molecule has 0 aliphatic carbocycles. The van der Waals surface area contributed by atoms with E-state index < -0.39 is 33.5 Å². The van der Waals surface area contributed by atoms with E-state index in [-0.39, 0.29) is 46.2 Å². The smallest absolute Gasteiger partial charge is 0.407 e. The Balaban J connectivity index is 2.04. The van der Waals surface area contributed by atoms with Gasteiger partial charge in [-0.2, -0.15) is 0 Å². The number of hydrogen-bond donors (Lipinski definition) is 2. The Hall–Kier alpha value is -4.06. The van der Waals surface area contributed by atoms with E-state index in [2.05, 4.69) is 20.0 Å². The van der Waals surface area contributed by atoms with Crippen molar-refractivity contribution in [1.82, 2.24) is 15.3 Å². The molecule has 1 amide bonds. The highest BCUT2D eigenvalue weighted by atomic mass is 32.2. The fraction of sp³-hybridized carbons (Fsp3) is 0.438. The second kappa shape index (κ2) is 14.1. The summed E-state index contributed by atoms with van der Waals surface area (Å²) in [6, 6.07) is 10.4. The summed E-state index contributed by atoms with van der Waals surface area (Å²) in [6.07, 6.45) is 0.410. The van der Waals surface area contributed by atoms with Gasteiger partial charge in [0.1, 0.15) is 11.3 Å². The maximum atomic E-state index is 16.2. The van der Waals surface area contributed by atoms with Gasteiger partial charge in [-0.15, -0.1) is 0 Å². The van der Waals surface area contributed by atoms with E-state index in [0.717, 1.165) is 11.1 Å². The first-order valence-electron chi connectivity index (χ1n) is 14.3. The van der Waals surface area contributed by atoms with Crippen LogP contribution in [-0.4, -0.2) is 49.2 Å². The van der Waals surface area contributed by atoms with Crippen LogP contribution >= 0.6 is 0 Å². The summed E-state index contributed by atoms with van der Waals surface area (Å²) in [4.78, 5) is 32.9. The number of halogens is 1. The van der Waals surface area contributed by atoms with Crippen molar-refractivity contribution in [1.29, 1.82) is 0 Å². The molecule has 2 N–H and O–H groups in total. The van der Waals surface area contributed by atoms with Crippen molar-refractivity contribution >= 4 is 28.0 Å². The molecule has 0 saturated carbocycles. The third-order valence-electron chi connectivity index (χ3n) is 6.64. The predicted molar refractivity (Wildman–Crippen MR) is 166 cm³/mol. The lowest BCUT2D eigenvalue weighted by atomic mass is 9.96. The number of carbonyl (C=O) groups is 2. The van der Waals surface area contributed by atoms with Crippen molar-refractivity contribution in [3.63, 3.8) is 0 Å². The molecule has 12 heteroatoms. The number of benzene rings is 2. The van der Waals surface area contributed by atoms with E-state index in [0.29, 0.717) is 18.4 Å². The number of methoxy groups -OCH3 is 1. The Bertz CT molecular complexity index is 1600. The fourth-order valence-corrected chi connectivity index (χ4v) is 5.74. The van der Waals surface area contributed by atoms with E-state index in [9.17, 15) is 18.0 Å². The molecule has 10 nitrogen and oxygen atoms in total. The molecule has 0 aliphatic heterocycles. The van der Waals surface area contributed by atoms with Crippen LogP contribution in [0.3, 0.4) is 0 Å². The van der Waals surface area contributed by atoms with Crippen molar-refractivity contribution in [2.75, 3.05) is 11.8 Å². The van der Waals surface area contributed by atoms with Gasteiger partial charge in [-0.1, -0.05) is 38.1 Å². The molecule has 238 valence electrons. The number of rotatable bonds is 11. The topological polar surface area (TPSA) is 137 Å². The van der Waals surface area contributed by atoms with Crippen LogP contribution < -0.4 is 10.0 Å². The fourth-order valence-electron chi connectivity index (χ4n) is 4.75. The molecule has 0 unspecified atom stereocenters. The Morgan fingerprint density at radius 2 is 1.66 bits per heavy atom. The number of aromatic nitrogens is 2. The summed E-state index contributed by atoms with van der Waals surface area (Å²) in [6.45, 7) is 13.0. The summed E-state index contributed by atoms with van der Waals surface area (Å²) in [5.74, 6) is -1.49. The van der Waals surface area contributed by atoms with Gasteiger partial charge in [0.05, 0.1) is 23.3 Å². The maximum Gasteiger partial charge on any atom is 0.407 e. The van der Waals surface area contributed by atoms with Crippen LogP contribution in [0.25, 0.3) is 11.3 Å². The summed E-state index contributed by atoms with van der Waals surface area (Å²) in [5, 5.41) is 2.88. The molecule has 1 heterocycles. The molecule has 3 rings (SSSR count).